The first-order chi connectivity index (χ1) is 17.5. The Hall–Kier alpha value is -3.75. The summed E-state index contributed by atoms with van der Waals surface area (Å²) < 4.78 is 56.8. The predicted octanol–water partition coefficient (Wildman–Crippen LogP) is 2.32. The molecule has 3 aromatic rings. The third kappa shape index (κ3) is 5.81. The van der Waals surface area contributed by atoms with E-state index >= 15 is 0 Å². The molecule has 0 atom stereocenters. The molecular formula is C23H23N3O9S2. The predicted molar refractivity (Wildman–Crippen MR) is 129 cm³/mol. The van der Waals surface area contributed by atoms with E-state index in [9.17, 15) is 31.2 Å². The number of nitrogens with one attached hydrogen (secondary N) is 2. The van der Waals surface area contributed by atoms with E-state index < -0.39 is 36.3 Å². The topological polar surface area (TPSA) is 196 Å². The van der Waals surface area contributed by atoms with Crippen molar-refractivity contribution in [1.82, 2.24) is 4.72 Å². The third-order valence-corrected chi connectivity index (χ3v) is 7.92. The number of aldehydes is 2. The summed E-state index contributed by atoms with van der Waals surface area (Å²) in [6, 6.07) is 3.53. The van der Waals surface area contributed by atoms with Crippen LogP contribution < -0.4 is 15.2 Å². The SMILES string of the molecule is NS(=O)(=O)c1cc(C=O)co1.O=Cc1coc(S(=O)(=O)NC(=O)Nc2c3c(cc4c2CCC4)CCC3)c1. The minimum absolute atomic E-state index is 0.0875. The molecule has 0 spiro atoms. The Labute approximate surface area is 212 Å². The highest BCUT2D eigenvalue weighted by Crippen LogP contribution is 2.38. The van der Waals surface area contributed by atoms with Crippen LogP contribution in [0, 0.1) is 0 Å². The van der Waals surface area contributed by atoms with Gasteiger partial charge in [0, 0.05) is 17.8 Å². The fourth-order valence-corrected chi connectivity index (χ4v) is 5.70. The van der Waals surface area contributed by atoms with Crippen molar-refractivity contribution in [2.75, 3.05) is 5.32 Å². The summed E-state index contributed by atoms with van der Waals surface area (Å²) in [7, 11) is -8.00. The maximum absolute atomic E-state index is 12.4. The van der Waals surface area contributed by atoms with E-state index in [0.717, 1.165) is 80.0 Å². The first kappa shape index (κ1) is 26.3. The number of aryl methyl sites for hydroxylation is 2. The second kappa shape index (κ2) is 10.3. The molecule has 0 saturated carbocycles. The van der Waals surface area contributed by atoms with Gasteiger partial charge in [-0.05, 0) is 60.8 Å². The van der Waals surface area contributed by atoms with Crippen molar-refractivity contribution in [3.05, 3.63) is 64.1 Å². The molecule has 2 aliphatic rings. The van der Waals surface area contributed by atoms with Crippen molar-refractivity contribution >= 4 is 44.3 Å². The standard InChI is InChI=1S/C18H18N2O5S.C5H5NO4S/c21-9-11-7-16(25-10-11)26(23,24)20-18(22)19-17-14-5-1-3-12(14)8-13-4-2-6-15(13)17;6-11(8,9)5-1-4(2-7)3-10-5/h7-10H,1-6H2,(H2,19,20,22);1-3H,(H2,6,8,9). The number of fused-ring (bicyclic) bond motifs is 2. The molecule has 2 heterocycles. The van der Waals surface area contributed by atoms with Crippen molar-refractivity contribution in [3.63, 3.8) is 0 Å². The number of anilines is 1. The van der Waals surface area contributed by atoms with Crippen LogP contribution in [0.4, 0.5) is 10.5 Å². The summed E-state index contributed by atoms with van der Waals surface area (Å²) in [5.74, 6) is 0. The van der Waals surface area contributed by atoms with Gasteiger partial charge in [0.25, 0.3) is 20.0 Å². The van der Waals surface area contributed by atoms with Gasteiger partial charge >= 0.3 is 6.03 Å². The van der Waals surface area contributed by atoms with Gasteiger partial charge in [0.05, 0.1) is 11.1 Å². The lowest BCUT2D eigenvalue weighted by atomic mass is 9.99. The lowest BCUT2D eigenvalue weighted by Crippen LogP contribution is -2.34. The van der Waals surface area contributed by atoms with Crippen LogP contribution in [0.25, 0.3) is 0 Å². The molecule has 0 bridgehead atoms. The Balaban J connectivity index is 0.000000245. The molecule has 12 nitrogen and oxygen atoms in total. The molecule has 4 N–H and O–H groups in total. The van der Waals surface area contributed by atoms with Crippen LogP contribution in [0.1, 0.15) is 55.8 Å². The summed E-state index contributed by atoms with van der Waals surface area (Å²) in [5.41, 5.74) is 5.70. The monoisotopic (exact) mass is 549 g/mol. The lowest BCUT2D eigenvalue weighted by molar-refractivity contribution is 0.111. The van der Waals surface area contributed by atoms with Crippen LogP contribution in [-0.2, 0) is 45.7 Å². The quantitative estimate of drug-likeness (QED) is 0.386. The number of sulfonamides is 2. The number of hydrogen-bond donors (Lipinski definition) is 3. The summed E-state index contributed by atoms with van der Waals surface area (Å²) in [5, 5.41) is 6.56. The number of hydrogen-bond acceptors (Lipinski definition) is 9. The number of carbonyl (C=O) groups is 3. The molecule has 0 fully saturated rings. The van der Waals surface area contributed by atoms with Crippen molar-refractivity contribution in [1.29, 1.82) is 0 Å². The van der Waals surface area contributed by atoms with E-state index in [1.807, 2.05) is 4.72 Å². The van der Waals surface area contributed by atoms with Gasteiger partial charge in [-0.25, -0.2) is 23.1 Å². The highest BCUT2D eigenvalue weighted by atomic mass is 32.2. The van der Waals surface area contributed by atoms with Crippen molar-refractivity contribution in [3.8, 4) is 0 Å². The van der Waals surface area contributed by atoms with Crippen LogP contribution in [0.15, 0.2) is 49.7 Å². The van der Waals surface area contributed by atoms with E-state index in [1.165, 1.54) is 11.1 Å². The van der Waals surface area contributed by atoms with Gasteiger partial charge < -0.3 is 14.2 Å². The number of amides is 2. The molecule has 2 aromatic heterocycles. The molecule has 2 aliphatic carbocycles. The number of carbonyl (C=O) groups excluding carboxylic acids is 3. The molecule has 0 saturated heterocycles. The van der Waals surface area contributed by atoms with Crippen LogP contribution in [-0.4, -0.2) is 35.4 Å². The van der Waals surface area contributed by atoms with Gasteiger partial charge in [0.2, 0.25) is 10.2 Å². The zero-order chi connectivity index (χ0) is 26.8. The van der Waals surface area contributed by atoms with Crippen molar-refractivity contribution in [2.45, 2.75) is 48.7 Å². The van der Waals surface area contributed by atoms with Gasteiger partial charge in [0.1, 0.15) is 12.5 Å². The highest BCUT2D eigenvalue weighted by Gasteiger charge is 2.27. The van der Waals surface area contributed by atoms with Crippen molar-refractivity contribution in [2.24, 2.45) is 5.14 Å². The second-order valence-corrected chi connectivity index (χ2v) is 11.6. The van der Waals surface area contributed by atoms with Crippen LogP contribution in [0.5, 0.6) is 0 Å². The summed E-state index contributed by atoms with van der Waals surface area (Å²) >= 11 is 0. The molecule has 37 heavy (non-hydrogen) atoms. The Kier molecular flexibility index (Phi) is 7.34. The largest absolute Gasteiger partial charge is 0.451 e. The summed E-state index contributed by atoms with van der Waals surface area (Å²) in [6.07, 6.45) is 8.79. The maximum atomic E-state index is 12.4. The van der Waals surface area contributed by atoms with Crippen molar-refractivity contribution < 1.29 is 40.1 Å². The fourth-order valence-electron chi connectivity index (χ4n) is 4.35. The Morgan fingerprint density at radius 1 is 0.811 bits per heavy atom. The molecule has 0 unspecified atom stereocenters. The van der Waals surface area contributed by atoms with E-state index in [1.54, 1.807) is 0 Å². The number of benzene rings is 1. The third-order valence-electron chi connectivity index (χ3n) is 5.95. The molecule has 2 amide bonds. The molecule has 1 aromatic carbocycles. The smallest absolute Gasteiger partial charge is 0.333 e. The number of nitrogens with two attached hydrogens (primary N) is 1. The van der Waals surface area contributed by atoms with Gasteiger partial charge in [-0.15, -0.1) is 0 Å². The minimum atomic E-state index is -4.18. The van der Waals surface area contributed by atoms with Gasteiger partial charge in [-0.1, -0.05) is 6.07 Å². The van der Waals surface area contributed by atoms with Crippen LogP contribution >= 0.6 is 0 Å². The molecule has 0 radical (unpaired) electrons. The first-order valence-corrected chi connectivity index (χ1v) is 14.2. The molecule has 0 aliphatic heterocycles. The molecule has 14 heteroatoms. The van der Waals surface area contributed by atoms with Gasteiger partial charge in [0.15, 0.2) is 12.6 Å². The van der Waals surface area contributed by atoms with E-state index in [0.29, 0.717) is 12.6 Å². The highest BCUT2D eigenvalue weighted by molar-refractivity contribution is 7.90. The second-order valence-electron chi connectivity index (χ2n) is 8.47. The average Bonchev–Trinajstić information content (AvgIpc) is 3.64. The summed E-state index contributed by atoms with van der Waals surface area (Å²) in [4.78, 5) is 33.1. The number of primary sulfonamides is 1. The summed E-state index contributed by atoms with van der Waals surface area (Å²) in [6.45, 7) is 0. The van der Waals surface area contributed by atoms with E-state index in [-0.39, 0.29) is 11.1 Å². The average molecular weight is 550 g/mol. The number of urea groups is 1. The van der Waals surface area contributed by atoms with E-state index in [4.69, 9.17) is 4.42 Å². The molecule has 196 valence electrons. The number of rotatable bonds is 6. The van der Waals surface area contributed by atoms with Gasteiger partial charge in [-0.2, -0.15) is 8.42 Å². The Morgan fingerprint density at radius 3 is 1.78 bits per heavy atom. The van der Waals surface area contributed by atoms with Crippen LogP contribution in [0.3, 0.4) is 0 Å². The lowest BCUT2D eigenvalue weighted by Gasteiger charge is -2.16. The minimum Gasteiger partial charge on any atom is -0.451 e. The fraction of sp³-hybridized carbons (Fsp3) is 0.261. The number of furan rings is 2. The Bertz CT molecular complexity index is 1550. The maximum Gasteiger partial charge on any atom is 0.333 e. The first-order valence-electron chi connectivity index (χ1n) is 11.1. The molecular weight excluding hydrogens is 526 g/mol. The molecule has 5 rings (SSSR count). The Morgan fingerprint density at radius 2 is 1.32 bits per heavy atom. The zero-order valence-electron chi connectivity index (χ0n) is 19.4. The van der Waals surface area contributed by atoms with Gasteiger partial charge in [-0.3, -0.25) is 9.59 Å². The normalized spacial score (nSPS) is 14.2. The van der Waals surface area contributed by atoms with Crippen LogP contribution in [0.2, 0.25) is 0 Å². The zero-order valence-corrected chi connectivity index (χ0v) is 21.0. The van der Waals surface area contributed by atoms with E-state index in [2.05, 4.69) is 20.9 Å².